The summed E-state index contributed by atoms with van der Waals surface area (Å²) in [6.45, 7) is 6.55. The molecule has 12 heteroatoms. The number of rotatable bonds is 8. The van der Waals surface area contributed by atoms with Crippen molar-refractivity contribution < 1.29 is 14.1 Å². The van der Waals surface area contributed by atoms with Crippen LogP contribution in [0.3, 0.4) is 0 Å². The van der Waals surface area contributed by atoms with Gasteiger partial charge in [0, 0.05) is 44.8 Å². The second kappa shape index (κ2) is 11.4. The van der Waals surface area contributed by atoms with Crippen molar-refractivity contribution in [2.75, 3.05) is 55.5 Å². The first kappa shape index (κ1) is 26.5. The zero-order chi connectivity index (χ0) is 27.6. The number of carbonyl (C=O) groups is 1. The molecule has 2 aliphatic heterocycles. The molecule has 2 fully saturated rings. The van der Waals surface area contributed by atoms with E-state index in [1.807, 2.05) is 18.2 Å². The molecule has 2 N–H and O–H groups in total. The number of carbonyl (C=O) groups excluding carboxylic acids is 1. The van der Waals surface area contributed by atoms with Crippen LogP contribution in [-0.4, -0.2) is 83.3 Å². The van der Waals surface area contributed by atoms with Crippen LogP contribution in [0, 0.1) is 0 Å². The molecule has 212 valence electrons. The number of nitrogens with one attached hydrogen (secondary N) is 2. The third-order valence-electron chi connectivity index (χ3n) is 8.15. The molecule has 1 saturated carbocycles. The van der Waals surface area contributed by atoms with Gasteiger partial charge in [-0.15, -0.1) is 0 Å². The topological polar surface area (TPSA) is 125 Å². The lowest BCUT2D eigenvalue weighted by molar-refractivity contribution is -0.120. The molecule has 1 aliphatic carbocycles. The highest BCUT2D eigenvalue weighted by Gasteiger charge is 2.41. The third-order valence-corrected chi connectivity index (χ3v) is 8.15. The number of benzene rings is 1. The van der Waals surface area contributed by atoms with Crippen LogP contribution in [0.15, 0.2) is 28.9 Å². The van der Waals surface area contributed by atoms with E-state index >= 15 is 0 Å². The molecule has 1 amide bonds. The summed E-state index contributed by atoms with van der Waals surface area (Å²) in [6.07, 6.45) is 6.96. The van der Waals surface area contributed by atoms with Crippen molar-refractivity contribution in [2.24, 2.45) is 0 Å². The van der Waals surface area contributed by atoms with Gasteiger partial charge in [-0.1, -0.05) is 24.9 Å². The Labute approximate surface area is 234 Å². The van der Waals surface area contributed by atoms with Crippen molar-refractivity contribution >= 4 is 29.0 Å². The Morgan fingerprint density at radius 1 is 1.18 bits per heavy atom. The summed E-state index contributed by atoms with van der Waals surface area (Å²) in [5, 5.41) is 10.9. The lowest BCUT2D eigenvalue weighted by atomic mass is 10.0. The molecule has 3 aliphatic rings. The average Bonchev–Trinajstić information content (AvgIpc) is 3.68. The number of hydrogen-bond acceptors (Lipinski definition) is 11. The molecule has 1 saturated heterocycles. The lowest BCUT2D eigenvalue weighted by Crippen LogP contribution is -2.55. The summed E-state index contributed by atoms with van der Waals surface area (Å²) >= 11 is 0. The Hall–Kier alpha value is -3.77. The molecule has 6 rings (SSSR count). The standard InChI is InChI=1S/C28H37N9O3/c1-4-21-27(38)35(2)22-16-30-28(33-26(22)37(21)19-7-5-6-8-19)31-20-10-9-18(15-23(20)39-3)25-32-24(40-34-25)17-36-13-11-29-12-14-36/h9-10,15-16,19,21,29H,4-8,11-14,17H2,1-3H3,(H,30,31,33)/t21-/m1/s1. The molecular formula is C28H37N9O3. The van der Waals surface area contributed by atoms with Gasteiger partial charge < -0.3 is 29.7 Å². The zero-order valence-corrected chi connectivity index (χ0v) is 23.4. The minimum Gasteiger partial charge on any atom is -0.495 e. The molecule has 0 unspecified atom stereocenters. The summed E-state index contributed by atoms with van der Waals surface area (Å²) in [5.74, 6) is 3.08. The molecule has 1 atom stereocenters. The van der Waals surface area contributed by atoms with E-state index < -0.39 is 0 Å². The number of ether oxygens (including phenoxy) is 1. The van der Waals surface area contributed by atoms with Crippen LogP contribution in [0.2, 0.25) is 0 Å². The number of hydrogen-bond donors (Lipinski definition) is 2. The average molecular weight is 548 g/mol. The zero-order valence-electron chi connectivity index (χ0n) is 23.4. The largest absolute Gasteiger partial charge is 0.495 e. The molecule has 1 aromatic carbocycles. The van der Waals surface area contributed by atoms with Crippen LogP contribution < -0.4 is 25.2 Å². The monoisotopic (exact) mass is 547 g/mol. The first-order chi connectivity index (χ1) is 19.6. The number of anilines is 4. The number of aromatic nitrogens is 4. The van der Waals surface area contributed by atoms with Crippen molar-refractivity contribution in [1.82, 2.24) is 30.3 Å². The number of amides is 1. The van der Waals surface area contributed by atoms with E-state index in [0.29, 0.717) is 36.0 Å². The number of fused-ring (bicyclic) bond motifs is 1. The third kappa shape index (κ3) is 5.08. The number of likely N-dealkylation sites (N-methyl/N-ethyl adjacent to an activating group) is 1. The van der Waals surface area contributed by atoms with Crippen molar-refractivity contribution in [1.29, 1.82) is 0 Å². The molecule has 0 spiro atoms. The first-order valence-corrected chi connectivity index (χ1v) is 14.2. The number of piperazine rings is 1. The Balaban J connectivity index is 1.24. The van der Waals surface area contributed by atoms with Gasteiger partial charge >= 0.3 is 0 Å². The van der Waals surface area contributed by atoms with E-state index in [0.717, 1.165) is 68.2 Å². The van der Waals surface area contributed by atoms with Gasteiger partial charge in [0.25, 0.3) is 0 Å². The fourth-order valence-electron chi connectivity index (χ4n) is 5.99. The predicted octanol–water partition coefficient (Wildman–Crippen LogP) is 3.19. The van der Waals surface area contributed by atoms with Gasteiger partial charge in [-0.2, -0.15) is 9.97 Å². The maximum Gasteiger partial charge on any atom is 0.249 e. The Kier molecular flexibility index (Phi) is 7.53. The summed E-state index contributed by atoms with van der Waals surface area (Å²) in [5.41, 5.74) is 2.25. The highest BCUT2D eigenvalue weighted by molar-refractivity contribution is 6.04. The Morgan fingerprint density at radius 3 is 2.73 bits per heavy atom. The maximum absolute atomic E-state index is 13.2. The summed E-state index contributed by atoms with van der Waals surface area (Å²) in [4.78, 5) is 33.5. The van der Waals surface area contributed by atoms with Crippen molar-refractivity contribution in [3.05, 3.63) is 30.3 Å². The van der Waals surface area contributed by atoms with E-state index in [1.165, 1.54) is 12.8 Å². The fourth-order valence-corrected chi connectivity index (χ4v) is 5.99. The van der Waals surface area contributed by atoms with Crippen molar-refractivity contribution in [2.45, 2.75) is 57.7 Å². The summed E-state index contributed by atoms with van der Waals surface area (Å²) in [7, 11) is 3.43. The van der Waals surface area contributed by atoms with Gasteiger partial charge in [-0.3, -0.25) is 9.69 Å². The van der Waals surface area contributed by atoms with Gasteiger partial charge in [0.2, 0.25) is 23.6 Å². The first-order valence-electron chi connectivity index (χ1n) is 14.2. The van der Waals surface area contributed by atoms with E-state index in [2.05, 4.69) is 42.5 Å². The molecule has 4 heterocycles. The second-order valence-corrected chi connectivity index (χ2v) is 10.6. The number of nitrogens with zero attached hydrogens (tertiary/aromatic N) is 7. The summed E-state index contributed by atoms with van der Waals surface area (Å²) in [6, 6.07) is 5.80. The molecule has 3 aromatic rings. The van der Waals surface area contributed by atoms with Gasteiger partial charge in [-0.25, -0.2) is 4.98 Å². The van der Waals surface area contributed by atoms with Crippen LogP contribution in [0.4, 0.5) is 23.1 Å². The van der Waals surface area contributed by atoms with Crippen LogP contribution in [0.1, 0.15) is 44.9 Å². The second-order valence-electron chi connectivity index (χ2n) is 10.6. The van der Waals surface area contributed by atoms with E-state index in [9.17, 15) is 4.79 Å². The molecule has 0 bridgehead atoms. The molecule has 40 heavy (non-hydrogen) atoms. The normalized spacial score (nSPS) is 20.2. The van der Waals surface area contributed by atoms with Crippen LogP contribution in [-0.2, 0) is 11.3 Å². The highest BCUT2D eigenvalue weighted by Crippen LogP contribution is 2.40. The van der Waals surface area contributed by atoms with E-state index in [1.54, 1.807) is 25.3 Å². The Morgan fingerprint density at radius 2 is 1.98 bits per heavy atom. The SMILES string of the molecule is CC[C@@H]1C(=O)N(C)c2cnc(Nc3ccc(-c4noc(CN5CCNCC5)n4)cc3OC)nc2N1C1CCCC1. The van der Waals surface area contributed by atoms with Crippen LogP contribution in [0.5, 0.6) is 5.75 Å². The lowest BCUT2D eigenvalue weighted by Gasteiger charge is -2.43. The summed E-state index contributed by atoms with van der Waals surface area (Å²) < 4.78 is 11.2. The minimum atomic E-state index is -0.219. The van der Waals surface area contributed by atoms with Gasteiger partial charge in [0.15, 0.2) is 5.82 Å². The van der Waals surface area contributed by atoms with E-state index in [-0.39, 0.29) is 11.9 Å². The maximum atomic E-state index is 13.2. The molecular weight excluding hydrogens is 510 g/mol. The molecule has 2 aromatic heterocycles. The van der Waals surface area contributed by atoms with E-state index in [4.69, 9.17) is 14.2 Å². The molecule has 0 radical (unpaired) electrons. The fraction of sp³-hybridized carbons (Fsp3) is 0.536. The van der Waals surface area contributed by atoms with Crippen LogP contribution >= 0.6 is 0 Å². The minimum absolute atomic E-state index is 0.0982. The number of methoxy groups -OCH3 is 1. The highest BCUT2D eigenvalue weighted by atomic mass is 16.5. The predicted molar refractivity (Wildman–Crippen MR) is 152 cm³/mol. The van der Waals surface area contributed by atoms with Gasteiger partial charge in [-0.05, 0) is 37.5 Å². The quantitative estimate of drug-likeness (QED) is 0.432. The van der Waals surface area contributed by atoms with Crippen molar-refractivity contribution in [3.63, 3.8) is 0 Å². The Bertz CT molecular complexity index is 1350. The van der Waals surface area contributed by atoms with Gasteiger partial charge in [0.1, 0.15) is 17.5 Å². The van der Waals surface area contributed by atoms with Crippen molar-refractivity contribution in [3.8, 4) is 17.1 Å². The molecule has 12 nitrogen and oxygen atoms in total. The smallest absolute Gasteiger partial charge is 0.249 e. The van der Waals surface area contributed by atoms with Gasteiger partial charge in [0.05, 0.1) is 25.5 Å². The van der Waals surface area contributed by atoms with Crippen LogP contribution in [0.25, 0.3) is 11.4 Å².